The number of benzene rings is 1. The summed E-state index contributed by atoms with van der Waals surface area (Å²) in [6.45, 7) is 6.56. The van der Waals surface area contributed by atoms with Gasteiger partial charge in [0.2, 0.25) is 0 Å². The van der Waals surface area contributed by atoms with Gasteiger partial charge in [-0.15, -0.1) is 0 Å². The van der Waals surface area contributed by atoms with Gasteiger partial charge < -0.3 is 9.84 Å². The van der Waals surface area contributed by atoms with Crippen LogP contribution in [0.25, 0.3) is 6.08 Å². The standard InChI is InChI=1S/C17H23NO3/c1-12-8-13(2)18(10-12)11-14-4-6-16(21-3)15(9-14)5-7-17(19)20/h4-7,9,12-13H,8,10-11H2,1-3H3,(H,19,20)/b7-5+. The van der Waals surface area contributed by atoms with E-state index in [9.17, 15) is 4.79 Å². The average molecular weight is 289 g/mol. The van der Waals surface area contributed by atoms with Crippen molar-refractivity contribution in [1.29, 1.82) is 0 Å². The molecule has 0 aliphatic carbocycles. The second kappa shape index (κ2) is 6.76. The molecule has 0 aromatic heterocycles. The maximum Gasteiger partial charge on any atom is 0.328 e. The maximum absolute atomic E-state index is 10.7. The summed E-state index contributed by atoms with van der Waals surface area (Å²) in [4.78, 5) is 13.1. The zero-order chi connectivity index (χ0) is 15.4. The Morgan fingerprint density at radius 2 is 2.24 bits per heavy atom. The molecule has 1 heterocycles. The third kappa shape index (κ3) is 4.08. The van der Waals surface area contributed by atoms with Crippen molar-refractivity contribution in [2.75, 3.05) is 13.7 Å². The number of methoxy groups -OCH3 is 1. The first kappa shape index (κ1) is 15.6. The lowest BCUT2D eigenvalue weighted by Gasteiger charge is -2.21. The number of carbonyl (C=O) groups is 1. The highest BCUT2D eigenvalue weighted by Gasteiger charge is 2.25. The van der Waals surface area contributed by atoms with E-state index in [1.54, 1.807) is 13.2 Å². The second-order valence-electron chi connectivity index (χ2n) is 5.87. The summed E-state index contributed by atoms with van der Waals surface area (Å²) < 4.78 is 5.28. The molecule has 0 saturated carbocycles. The Morgan fingerprint density at radius 3 is 2.81 bits per heavy atom. The quantitative estimate of drug-likeness (QED) is 0.847. The number of carboxylic acid groups (broad SMARTS) is 1. The Morgan fingerprint density at radius 1 is 1.48 bits per heavy atom. The fraction of sp³-hybridized carbons (Fsp3) is 0.471. The molecule has 0 amide bonds. The van der Waals surface area contributed by atoms with Crippen molar-refractivity contribution in [3.8, 4) is 5.75 Å². The molecule has 0 radical (unpaired) electrons. The van der Waals surface area contributed by atoms with Crippen LogP contribution in [0.5, 0.6) is 5.75 Å². The second-order valence-corrected chi connectivity index (χ2v) is 5.87. The van der Waals surface area contributed by atoms with Crippen molar-refractivity contribution in [2.24, 2.45) is 5.92 Å². The molecule has 1 fully saturated rings. The zero-order valence-corrected chi connectivity index (χ0v) is 12.9. The first-order valence-electron chi connectivity index (χ1n) is 7.31. The number of likely N-dealkylation sites (tertiary alicyclic amines) is 1. The van der Waals surface area contributed by atoms with Gasteiger partial charge in [-0.3, -0.25) is 4.90 Å². The molecule has 1 aliphatic heterocycles. The molecule has 2 rings (SSSR count). The van der Waals surface area contributed by atoms with Crippen LogP contribution in [0.15, 0.2) is 24.3 Å². The van der Waals surface area contributed by atoms with Crippen molar-refractivity contribution < 1.29 is 14.6 Å². The van der Waals surface area contributed by atoms with Crippen molar-refractivity contribution >= 4 is 12.0 Å². The topological polar surface area (TPSA) is 49.8 Å². The number of hydrogen-bond acceptors (Lipinski definition) is 3. The molecule has 114 valence electrons. The van der Waals surface area contributed by atoms with Gasteiger partial charge in [0.15, 0.2) is 0 Å². The van der Waals surface area contributed by atoms with Crippen LogP contribution in [0.1, 0.15) is 31.4 Å². The molecule has 21 heavy (non-hydrogen) atoms. The van der Waals surface area contributed by atoms with Gasteiger partial charge in [-0.25, -0.2) is 4.79 Å². The SMILES string of the molecule is COc1ccc(CN2CC(C)CC2C)cc1/C=C/C(=O)O. The smallest absolute Gasteiger partial charge is 0.328 e. The van der Waals surface area contributed by atoms with Crippen LogP contribution in [0, 0.1) is 5.92 Å². The van der Waals surface area contributed by atoms with E-state index in [2.05, 4.69) is 18.7 Å². The van der Waals surface area contributed by atoms with E-state index in [4.69, 9.17) is 9.84 Å². The van der Waals surface area contributed by atoms with Crippen molar-refractivity contribution in [1.82, 2.24) is 4.90 Å². The lowest BCUT2D eigenvalue weighted by atomic mass is 10.1. The third-order valence-corrected chi connectivity index (χ3v) is 4.00. The van der Waals surface area contributed by atoms with E-state index in [-0.39, 0.29) is 0 Å². The molecule has 0 spiro atoms. The molecule has 1 aromatic carbocycles. The molecular formula is C17H23NO3. The van der Waals surface area contributed by atoms with Gasteiger partial charge in [0.05, 0.1) is 7.11 Å². The fourth-order valence-electron chi connectivity index (χ4n) is 3.01. The van der Waals surface area contributed by atoms with Crippen LogP contribution in [-0.4, -0.2) is 35.7 Å². The number of aliphatic carboxylic acids is 1. The first-order valence-corrected chi connectivity index (χ1v) is 7.31. The van der Waals surface area contributed by atoms with Crippen molar-refractivity contribution in [3.05, 3.63) is 35.4 Å². The molecule has 1 aromatic rings. The molecule has 2 unspecified atom stereocenters. The Labute approximate surface area is 126 Å². The predicted octanol–water partition coefficient (Wildman–Crippen LogP) is 3.02. The maximum atomic E-state index is 10.7. The Balaban J connectivity index is 2.17. The van der Waals surface area contributed by atoms with Gasteiger partial charge in [-0.05, 0) is 43.0 Å². The van der Waals surface area contributed by atoms with Gasteiger partial charge >= 0.3 is 5.97 Å². The van der Waals surface area contributed by atoms with E-state index < -0.39 is 5.97 Å². The van der Waals surface area contributed by atoms with E-state index in [1.807, 2.05) is 18.2 Å². The molecule has 4 nitrogen and oxygen atoms in total. The monoisotopic (exact) mass is 289 g/mol. The largest absolute Gasteiger partial charge is 0.496 e. The molecule has 1 saturated heterocycles. The Kier molecular flexibility index (Phi) is 5.02. The molecule has 0 bridgehead atoms. The molecular weight excluding hydrogens is 266 g/mol. The first-order chi connectivity index (χ1) is 9.99. The van der Waals surface area contributed by atoms with Gasteiger partial charge in [0.25, 0.3) is 0 Å². The summed E-state index contributed by atoms with van der Waals surface area (Å²) in [6, 6.07) is 6.56. The third-order valence-electron chi connectivity index (χ3n) is 4.00. The Bertz CT molecular complexity index is 539. The lowest BCUT2D eigenvalue weighted by molar-refractivity contribution is -0.131. The summed E-state index contributed by atoms with van der Waals surface area (Å²) in [5.41, 5.74) is 1.99. The van der Waals surface area contributed by atoms with Gasteiger partial charge in [-0.2, -0.15) is 0 Å². The highest BCUT2D eigenvalue weighted by atomic mass is 16.5. The summed E-state index contributed by atoms with van der Waals surface area (Å²) in [7, 11) is 1.59. The van der Waals surface area contributed by atoms with Gasteiger partial charge in [0, 0.05) is 30.8 Å². The van der Waals surface area contributed by atoms with Crippen LogP contribution in [0.4, 0.5) is 0 Å². The van der Waals surface area contributed by atoms with Crippen LogP contribution in [0.2, 0.25) is 0 Å². The highest BCUT2D eigenvalue weighted by Crippen LogP contribution is 2.27. The van der Waals surface area contributed by atoms with Crippen LogP contribution < -0.4 is 4.74 Å². The normalized spacial score (nSPS) is 22.8. The summed E-state index contributed by atoms with van der Waals surface area (Å²) >= 11 is 0. The number of rotatable bonds is 5. The number of nitrogens with zero attached hydrogens (tertiary/aromatic N) is 1. The van der Waals surface area contributed by atoms with E-state index in [0.717, 1.165) is 30.6 Å². The predicted molar refractivity (Wildman–Crippen MR) is 83.3 cm³/mol. The van der Waals surface area contributed by atoms with Crippen molar-refractivity contribution in [3.63, 3.8) is 0 Å². The van der Waals surface area contributed by atoms with E-state index in [0.29, 0.717) is 11.8 Å². The molecule has 1 aliphatic rings. The fourth-order valence-corrected chi connectivity index (χ4v) is 3.01. The minimum absolute atomic E-state index is 0.597. The van der Waals surface area contributed by atoms with Crippen LogP contribution in [-0.2, 0) is 11.3 Å². The lowest BCUT2D eigenvalue weighted by Crippen LogP contribution is -2.26. The molecule has 2 atom stereocenters. The number of carboxylic acids is 1. The summed E-state index contributed by atoms with van der Waals surface area (Å²) in [5, 5.41) is 8.77. The van der Waals surface area contributed by atoms with Gasteiger partial charge in [0.1, 0.15) is 5.75 Å². The zero-order valence-electron chi connectivity index (χ0n) is 12.9. The molecule has 4 heteroatoms. The minimum Gasteiger partial charge on any atom is -0.496 e. The number of ether oxygens (including phenoxy) is 1. The molecule has 1 N–H and O–H groups in total. The van der Waals surface area contributed by atoms with Gasteiger partial charge in [-0.1, -0.05) is 13.0 Å². The van der Waals surface area contributed by atoms with E-state index in [1.165, 1.54) is 12.0 Å². The average Bonchev–Trinajstić information content (AvgIpc) is 2.74. The summed E-state index contributed by atoms with van der Waals surface area (Å²) in [5.74, 6) is 0.480. The Hall–Kier alpha value is -1.81. The van der Waals surface area contributed by atoms with Crippen LogP contribution in [0.3, 0.4) is 0 Å². The van der Waals surface area contributed by atoms with Crippen molar-refractivity contribution in [2.45, 2.75) is 32.9 Å². The van der Waals surface area contributed by atoms with Crippen LogP contribution >= 0.6 is 0 Å². The minimum atomic E-state index is -0.954. The summed E-state index contributed by atoms with van der Waals surface area (Å²) in [6.07, 6.45) is 3.96. The van der Waals surface area contributed by atoms with E-state index >= 15 is 0 Å². The highest BCUT2D eigenvalue weighted by molar-refractivity contribution is 5.86. The number of hydrogen-bond donors (Lipinski definition) is 1.